The average molecular weight is 274 g/mol. The predicted octanol–water partition coefficient (Wildman–Crippen LogP) is -0.0777. The van der Waals surface area contributed by atoms with Crippen LogP contribution in [0.25, 0.3) is 0 Å². The molecule has 0 radical (unpaired) electrons. The van der Waals surface area contributed by atoms with Gasteiger partial charge < -0.3 is 10.6 Å². The number of nitrogens with zero attached hydrogens (tertiary/aromatic N) is 1. The molecule has 0 atom stereocenters. The maximum absolute atomic E-state index is 11.5. The summed E-state index contributed by atoms with van der Waals surface area (Å²) in [5.41, 5.74) is 1.02. The molecule has 20 heavy (non-hydrogen) atoms. The average Bonchev–Trinajstić information content (AvgIpc) is 2.46. The maximum atomic E-state index is 11.5. The first-order valence-electron chi connectivity index (χ1n) is 6.37. The van der Waals surface area contributed by atoms with Crippen LogP contribution in [0.2, 0.25) is 0 Å². The Morgan fingerprint density at radius 2 is 1.70 bits per heavy atom. The lowest BCUT2D eigenvalue weighted by atomic mass is 10.2. The molecule has 6 nitrogen and oxygen atoms in total. The van der Waals surface area contributed by atoms with Crippen LogP contribution in [-0.2, 0) is 16.1 Å². The van der Waals surface area contributed by atoms with Crippen LogP contribution in [0.4, 0.5) is 0 Å². The molecule has 0 heterocycles. The van der Waals surface area contributed by atoms with Gasteiger partial charge in [0.15, 0.2) is 0 Å². The predicted molar refractivity (Wildman–Crippen MR) is 74.4 cm³/mol. The summed E-state index contributed by atoms with van der Waals surface area (Å²) in [6, 6.07) is 11.5. The van der Waals surface area contributed by atoms with Crippen LogP contribution in [0.5, 0.6) is 0 Å². The molecule has 0 aromatic heterocycles. The third-order valence-electron chi connectivity index (χ3n) is 2.46. The fourth-order valence-electron chi connectivity index (χ4n) is 1.47. The Morgan fingerprint density at radius 3 is 2.35 bits per heavy atom. The summed E-state index contributed by atoms with van der Waals surface area (Å²) in [5, 5.41) is 16.4. The maximum Gasteiger partial charge on any atom is 0.234 e. The van der Waals surface area contributed by atoms with Crippen molar-refractivity contribution in [3.8, 4) is 6.07 Å². The summed E-state index contributed by atoms with van der Waals surface area (Å²) in [6.45, 7) is 0.940. The molecule has 1 rings (SSSR count). The number of benzene rings is 1. The zero-order valence-corrected chi connectivity index (χ0v) is 11.2. The lowest BCUT2D eigenvalue weighted by Crippen LogP contribution is -2.39. The van der Waals surface area contributed by atoms with E-state index in [4.69, 9.17) is 5.26 Å². The van der Waals surface area contributed by atoms with Crippen LogP contribution in [-0.4, -0.2) is 31.4 Å². The number of nitriles is 1. The van der Waals surface area contributed by atoms with Crippen LogP contribution in [0.3, 0.4) is 0 Å². The van der Waals surface area contributed by atoms with Crippen LogP contribution < -0.4 is 16.0 Å². The summed E-state index contributed by atoms with van der Waals surface area (Å²) >= 11 is 0. The third kappa shape index (κ3) is 7.13. The molecule has 1 aromatic rings. The Bertz CT molecular complexity index is 468. The van der Waals surface area contributed by atoms with E-state index < -0.39 is 0 Å². The van der Waals surface area contributed by atoms with Gasteiger partial charge in [-0.3, -0.25) is 14.9 Å². The van der Waals surface area contributed by atoms with Gasteiger partial charge in [0.1, 0.15) is 0 Å². The number of rotatable bonds is 8. The Balaban J connectivity index is 2.08. The molecule has 0 unspecified atom stereocenters. The molecule has 0 aliphatic heterocycles. The Kier molecular flexibility index (Phi) is 7.46. The van der Waals surface area contributed by atoms with Crippen molar-refractivity contribution in [1.82, 2.24) is 16.0 Å². The van der Waals surface area contributed by atoms with Crippen molar-refractivity contribution in [2.75, 3.05) is 19.6 Å². The molecular formula is C14H18N4O2. The van der Waals surface area contributed by atoms with Gasteiger partial charge in [-0.1, -0.05) is 30.3 Å². The molecule has 0 aliphatic carbocycles. The van der Waals surface area contributed by atoms with E-state index in [2.05, 4.69) is 16.0 Å². The van der Waals surface area contributed by atoms with E-state index in [1.54, 1.807) is 0 Å². The number of hydrogen-bond acceptors (Lipinski definition) is 4. The minimum absolute atomic E-state index is 0.0597. The van der Waals surface area contributed by atoms with Gasteiger partial charge in [0, 0.05) is 13.1 Å². The number of carbonyl (C=O) groups excluding carboxylic acids is 2. The number of carbonyl (C=O) groups is 2. The molecular weight excluding hydrogens is 256 g/mol. The van der Waals surface area contributed by atoms with E-state index in [-0.39, 0.29) is 31.3 Å². The highest BCUT2D eigenvalue weighted by molar-refractivity contribution is 5.81. The van der Waals surface area contributed by atoms with Crippen molar-refractivity contribution in [3.63, 3.8) is 0 Å². The third-order valence-corrected chi connectivity index (χ3v) is 2.46. The second-order valence-electron chi connectivity index (χ2n) is 4.12. The van der Waals surface area contributed by atoms with E-state index in [1.807, 2.05) is 36.4 Å². The molecule has 0 saturated heterocycles. The topological polar surface area (TPSA) is 94.0 Å². The molecule has 0 fully saturated rings. The van der Waals surface area contributed by atoms with Gasteiger partial charge in [-0.25, -0.2) is 0 Å². The van der Waals surface area contributed by atoms with Gasteiger partial charge in [-0.05, 0) is 5.56 Å². The lowest BCUT2D eigenvalue weighted by Gasteiger charge is -2.07. The highest BCUT2D eigenvalue weighted by Crippen LogP contribution is 1.96. The smallest absolute Gasteiger partial charge is 0.234 e. The summed E-state index contributed by atoms with van der Waals surface area (Å²) in [6.07, 6.45) is 0.281. The number of amides is 2. The molecule has 0 bridgehead atoms. The standard InChI is InChI=1S/C14H18N4O2/c15-7-4-8-17-13(19)10-16-11-14(20)18-9-12-5-2-1-3-6-12/h1-3,5-6,16H,4,8-11H2,(H,17,19)(H,18,20). The van der Waals surface area contributed by atoms with Crippen molar-refractivity contribution in [3.05, 3.63) is 35.9 Å². The fourth-order valence-corrected chi connectivity index (χ4v) is 1.47. The van der Waals surface area contributed by atoms with Crippen LogP contribution >= 0.6 is 0 Å². The second-order valence-corrected chi connectivity index (χ2v) is 4.12. The van der Waals surface area contributed by atoms with E-state index in [1.165, 1.54) is 0 Å². The largest absolute Gasteiger partial charge is 0.354 e. The van der Waals surface area contributed by atoms with Crippen LogP contribution in [0.15, 0.2) is 30.3 Å². The summed E-state index contributed by atoms with van der Waals surface area (Å²) in [5.74, 6) is -0.394. The molecule has 1 aromatic carbocycles. The van der Waals surface area contributed by atoms with E-state index in [9.17, 15) is 9.59 Å². The van der Waals surface area contributed by atoms with Gasteiger partial charge in [0.05, 0.1) is 25.6 Å². The first-order valence-corrected chi connectivity index (χ1v) is 6.37. The number of hydrogen-bond donors (Lipinski definition) is 3. The minimum Gasteiger partial charge on any atom is -0.354 e. The van der Waals surface area contributed by atoms with E-state index in [0.29, 0.717) is 13.1 Å². The zero-order chi connectivity index (χ0) is 14.6. The Hall–Kier alpha value is -2.39. The van der Waals surface area contributed by atoms with E-state index in [0.717, 1.165) is 5.56 Å². The molecule has 0 spiro atoms. The van der Waals surface area contributed by atoms with E-state index >= 15 is 0 Å². The molecule has 0 aliphatic rings. The van der Waals surface area contributed by atoms with Crippen molar-refractivity contribution in [1.29, 1.82) is 5.26 Å². The molecule has 106 valence electrons. The molecule has 0 saturated carbocycles. The van der Waals surface area contributed by atoms with Crippen molar-refractivity contribution in [2.24, 2.45) is 0 Å². The molecule has 2 amide bonds. The lowest BCUT2D eigenvalue weighted by molar-refractivity contribution is -0.121. The van der Waals surface area contributed by atoms with Crippen LogP contribution in [0.1, 0.15) is 12.0 Å². The van der Waals surface area contributed by atoms with Crippen molar-refractivity contribution in [2.45, 2.75) is 13.0 Å². The second kappa shape index (κ2) is 9.53. The minimum atomic E-state index is -0.226. The van der Waals surface area contributed by atoms with Gasteiger partial charge in [-0.2, -0.15) is 5.26 Å². The highest BCUT2D eigenvalue weighted by Gasteiger charge is 2.03. The fraction of sp³-hybridized carbons (Fsp3) is 0.357. The number of nitrogens with one attached hydrogen (secondary N) is 3. The van der Waals surface area contributed by atoms with Gasteiger partial charge in [0.2, 0.25) is 11.8 Å². The van der Waals surface area contributed by atoms with Gasteiger partial charge in [0.25, 0.3) is 0 Å². The summed E-state index contributed by atoms with van der Waals surface area (Å²) in [7, 11) is 0. The highest BCUT2D eigenvalue weighted by atomic mass is 16.2. The Labute approximate surface area is 118 Å². The summed E-state index contributed by atoms with van der Waals surface area (Å²) in [4.78, 5) is 22.8. The van der Waals surface area contributed by atoms with Gasteiger partial charge >= 0.3 is 0 Å². The first kappa shape index (κ1) is 15.7. The normalized spacial score (nSPS) is 9.55. The summed E-state index contributed by atoms with van der Waals surface area (Å²) < 4.78 is 0. The van der Waals surface area contributed by atoms with Gasteiger partial charge in [-0.15, -0.1) is 0 Å². The zero-order valence-electron chi connectivity index (χ0n) is 11.2. The van der Waals surface area contributed by atoms with Crippen molar-refractivity contribution >= 4 is 11.8 Å². The molecule has 3 N–H and O–H groups in total. The Morgan fingerprint density at radius 1 is 1.05 bits per heavy atom. The first-order chi connectivity index (χ1) is 9.72. The van der Waals surface area contributed by atoms with Crippen molar-refractivity contribution < 1.29 is 9.59 Å². The monoisotopic (exact) mass is 274 g/mol. The quantitative estimate of drug-likeness (QED) is 0.578. The SMILES string of the molecule is N#CCCNC(=O)CNCC(=O)NCc1ccccc1. The molecule has 6 heteroatoms. The van der Waals surface area contributed by atoms with Crippen LogP contribution in [0, 0.1) is 11.3 Å².